The number of nitrogens with zero attached hydrogens (tertiary/aromatic N) is 1. The number of amidine groups is 1. The summed E-state index contributed by atoms with van der Waals surface area (Å²) in [5.74, 6) is -1.06. The summed E-state index contributed by atoms with van der Waals surface area (Å²) >= 11 is 2.97. The number of methoxy groups -OCH3 is 1. The summed E-state index contributed by atoms with van der Waals surface area (Å²) in [6, 6.07) is 0. The van der Waals surface area contributed by atoms with Crippen molar-refractivity contribution in [3.63, 3.8) is 0 Å². The van der Waals surface area contributed by atoms with E-state index in [1.807, 2.05) is 0 Å². The molecule has 0 radical (unpaired) electrons. The lowest BCUT2D eigenvalue weighted by Gasteiger charge is -2.48. The number of alkyl halides is 2. The molecule has 1 heterocycles. The van der Waals surface area contributed by atoms with E-state index < -0.39 is 30.0 Å². The maximum atomic E-state index is 14.7. The molecule has 0 aromatic carbocycles. The Morgan fingerprint density at radius 3 is 2.67 bits per heavy atom. The second kappa shape index (κ2) is 5.62. The van der Waals surface area contributed by atoms with Crippen LogP contribution in [-0.4, -0.2) is 43.7 Å². The van der Waals surface area contributed by atoms with Gasteiger partial charge in [0.2, 0.25) is 0 Å². The van der Waals surface area contributed by atoms with Gasteiger partial charge >= 0.3 is 0 Å². The fourth-order valence-electron chi connectivity index (χ4n) is 2.64. The molecule has 2 aliphatic rings. The molecule has 2 rings (SSSR count). The monoisotopic (exact) mass is 369 g/mol. The van der Waals surface area contributed by atoms with Gasteiger partial charge in [0.05, 0.1) is 11.1 Å². The number of rotatable bonds is 3. The Labute approximate surface area is 128 Å². The molecule has 9 heteroatoms. The fraction of sp³-hybridized carbons (Fsp3) is 0.583. The van der Waals surface area contributed by atoms with Crippen molar-refractivity contribution in [3.05, 3.63) is 22.1 Å². The largest absolute Gasteiger partial charge is 0.402 e. The Morgan fingerprint density at radius 2 is 2.14 bits per heavy atom. The van der Waals surface area contributed by atoms with Crippen molar-refractivity contribution in [2.24, 2.45) is 16.5 Å². The second-order valence-corrected chi connectivity index (χ2v) is 5.76. The molecule has 1 aliphatic heterocycles. The SMILES string of the molecule is COC1(C2(C(F)F)COCC(N)=N2)CC(N)=CC(Br)=C1F. The van der Waals surface area contributed by atoms with Crippen LogP contribution in [-0.2, 0) is 9.47 Å². The van der Waals surface area contributed by atoms with Crippen LogP contribution in [0.25, 0.3) is 0 Å². The summed E-state index contributed by atoms with van der Waals surface area (Å²) in [5.41, 5.74) is 7.05. The van der Waals surface area contributed by atoms with Crippen LogP contribution in [0.5, 0.6) is 0 Å². The van der Waals surface area contributed by atoms with Gasteiger partial charge in [0.1, 0.15) is 18.3 Å². The Kier molecular flexibility index (Phi) is 4.36. The molecule has 5 nitrogen and oxygen atoms in total. The molecule has 2 atom stereocenters. The molecule has 0 fully saturated rings. The van der Waals surface area contributed by atoms with Crippen molar-refractivity contribution in [1.29, 1.82) is 0 Å². The molecular weight excluding hydrogens is 355 g/mol. The smallest absolute Gasteiger partial charge is 0.269 e. The summed E-state index contributed by atoms with van der Waals surface area (Å²) in [5, 5.41) is 0. The van der Waals surface area contributed by atoms with E-state index in [0.29, 0.717) is 0 Å². The highest BCUT2D eigenvalue weighted by molar-refractivity contribution is 9.11. The topological polar surface area (TPSA) is 82.9 Å². The highest BCUT2D eigenvalue weighted by Crippen LogP contribution is 2.49. The van der Waals surface area contributed by atoms with Gasteiger partial charge in [-0.15, -0.1) is 0 Å². The first-order valence-corrected chi connectivity index (χ1v) is 6.85. The molecule has 2 unspecified atom stereocenters. The standard InChI is InChI=1S/C12H15BrF3N3O2/c1-20-12(3-6(17)2-7(13)9(12)14)11(10(15)16)5-21-4-8(18)19-11/h2,10H,3-5,17H2,1H3,(H2,18,19). The minimum atomic E-state index is -3.06. The van der Waals surface area contributed by atoms with E-state index in [0.717, 1.165) is 7.11 Å². The third kappa shape index (κ3) is 2.36. The van der Waals surface area contributed by atoms with Crippen molar-refractivity contribution < 1.29 is 22.6 Å². The lowest BCUT2D eigenvalue weighted by Crippen LogP contribution is -2.65. The molecule has 0 spiro atoms. The van der Waals surface area contributed by atoms with Gasteiger partial charge in [0, 0.05) is 19.2 Å². The number of hydrogen-bond acceptors (Lipinski definition) is 5. The first-order valence-electron chi connectivity index (χ1n) is 6.06. The Hall–Kier alpha value is -1.06. The van der Waals surface area contributed by atoms with Crippen molar-refractivity contribution in [2.75, 3.05) is 20.3 Å². The van der Waals surface area contributed by atoms with E-state index >= 15 is 0 Å². The number of aliphatic imine (C=N–C) groups is 1. The van der Waals surface area contributed by atoms with Crippen LogP contribution >= 0.6 is 15.9 Å². The minimum Gasteiger partial charge on any atom is -0.402 e. The number of nitrogens with two attached hydrogens (primary N) is 2. The predicted octanol–water partition coefficient (Wildman–Crippen LogP) is 1.59. The van der Waals surface area contributed by atoms with Crippen molar-refractivity contribution in [1.82, 2.24) is 0 Å². The molecule has 21 heavy (non-hydrogen) atoms. The van der Waals surface area contributed by atoms with Crippen molar-refractivity contribution in [3.8, 4) is 0 Å². The lowest BCUT2D eigenvalue weighted by atomic mass is 9.74. The van der Waals surface area contributed by atoms with Crippen LogP contribution in [0.2, 0.25) is 0 Å². The third-order valence-corrected chi connectivity index (χ3v) is 4.23. The molecule has 0 aromatic rings. The second-order valence-electron chi connectivity index (χ2n) is 4.91. The van der Waals surface area contributed by atoms with Gasteiger partial charge in [0.15, 0.2) is 11.1 Å². The Balaban J connectivity index is 2.67. The van der Waals surface area contributed by atoms with Crippen molar-refractivity contribution >= 4 is 21.8 Å². The molecule has 118 valence electrons. The maximum absolute atomic E-state index is 14.7. The Bertz CT molecular complexity index is 538. The predicted molar refractivity (Wildman–Crippen MR) is 74.9 cm³/mol. The van der Waals surface area contributed by atoms with E-state index in [2.05, 4.69) is 20.9 Å². The molecule has 1 aliphatic carbocycles. The quantitative estimate of drug-likeness (QED) is 0.791. The molecule has 0 aromatic heterocycles. The van der Waals surface area contributed by atoms with Crippen LogP contribution in [0.3, 0.4) is 0 Å². The molecule has 0 saturated heterocycles. The van der Waals surface area contributed by atoms with Gasteiger partial charge in [-0.1, -0.05) is 0 Å². The molecule has 0 saturated carbocycles. The summed E-state index contributed by atoms with van der Waals surface area (Å²) < 4.78 is 52.5. The fourth-order valence-corrected chi connectivity index (χ4v) is 3.26. The summed E-state index contributed by atoms with van der Waals surface area (Å²) in [4.78, 5) is 3.82. The van der Waals surface area contributed by atoms with Crippen LogP contribution in [0, 0.1) is 0 Å². The van der Waals surface area contributed by atoms with E-state index in [1.165, 1.54) is 6.08 Å². The summed E-state index contributed by atoms with van der Waals surface area (Å²) in [6.07, 6.45) is -2.04. The zero-order chi connectivity index (χ0) is 15.8. The highest BCUT2D eigenvalue weighted by Gasteiger charge is 2.63. The lowest BCUT2D eigenvalue weighted by molar-refractivity contribution is -0.141. The van der Waals surface area contributed by atoms with Crippen LogP contribution in [0.1, 0.15) is 6.42 Å². The molecule has 0 amide bonds. The normalized spacial score (nSPS) is 34.0. The number of ether oxygens (including phenoxy) is 2. The van der Waals surface area contributed by atoms with Crippen LogP contribution in [0.15, 0.2) is 27.1 Å². The molecular formula is C12H15BrF3N3O2. The summed E-state index contributed by atoms with van der Waals surface area (Å²) in [7, 11) is 1.13. The van der Waals surface area contributed by atoms with E-state index in [1.54, 1.807) is 0 Å². The molecule has 4 N–H and O–H groups in total. The Morgan fingerprint density at radius 1 is 1.48 bits per heavy atom. The zero-order valence-corrected chi connectivity index (χ0v) is 12.8. The minimum absolute atomic E-state index is 0.0625. The molecule has 0 bridgehead atoms. The van der Waals surface area contributed by atoms with Gasteiger partial charge in [-0.25, -0.2) is 13.2 Å². The van der Waals surface area contributed by atoms with Gasteiger partial charge < -0.3 is 20.9 Å². The van der Waals surface area contributed by atoms with Crippen LogP contribution < -0.4 is 11.5 Å². The van der Waals surface area contributed by atoms with Crippen LogP contribution in [0.4, 0.5) is 13.2 Å². The van der Waals surface area contributed by atoms with Gasteiger partial charge in [0.25, 0.3) is 6.43 Å². The van der Waals surface area contributed by atoms with Gasteiger partial charge in [-0.3, -0.25) is 4.99 Å². The number of hydrogen-bond donors (Lipinski definition) is 2. The number of allylic oxidation sites excluding steroid dienone is 2. The zero-order valence-electron chi connectivity index (χ0n) is 11.2. The highest BCUT2D eigenvalue weighted by atomic mass is 79.9. The average molecular weight is 370 g/mol. The van der Waals surface area contributed by atoms with Gasteiger partial charge in [-0.2, -0.15) is 0 Å². The van der Waals surface area contributed by atoms with E-state index in [9.17, 15) is 13.2 Å². The van der Waals surface area contributed by atoms with E-state index in [-0.39, 0.29) is 29.0 Å². The van der Waals surface area contributed by atoms with E-state index in [4.69, 9.17) is 20.9 Å². The first kappa shape index (κ1) is 16.3. The number of halogens is 4. The summed E-state index contributed by atoms with van der Waals surface area (Å²) in [6.45, 7) is -0.619. The average Bonchev–Trinajstić information content (AvgIpc) is 2.42. The van der Waals surface area contributed by atoms with Crippen molar-refractivity contribution in [2.45, 2.75) is 24.0 Å². The first-order chi connectivity index (χ1) is 9.79. The van der Waals surface area contributed by atoms with Gasteiger partial charge in [-0.05, 0) is 22.0 Å². The third-order valence-electron chi connectivity index (χ3n) is 3.65. The maximum Gasteiger partial charge on any atom is 0.269 e.